The highest BCUT2D eigenvalue weighted by Gasteiger charge is 2.35. The minimum absolute atomic E-state index is 0.0450. The molecule has 0 aromatic heterocycles. The molecular formula is C13H16ClNO3. The number of benzene rings is 1. The number of rotatable bonds is 1. The van der Waals surface area contributed by atoms with Crippen molar-refractivity contribution in [3.63, 3.8) is 0 Å². The summed E-state index contributed by atoms with van der Waals surface area (Å²) in [7, 11) is 0. The van der Waals surface area contributed by atoms with E-state index in [1.54, 1.807) is 0 Å². The van der Waals surface area contributed by atoms with E-state index in [9.17, 15) is 5.11 Å². The van der Waals surface area contributed by atoms with Gasteiger partial charge in [-0.25, -0.2) is 0 Å². The Labute approximate surface area is 111 Å². The largest absolute Gasteiger partial charge is 0.489 e. The van der Waals surface area contributed by atoms with Gasteiger partial charge in [-0.3, -0.25) is 4.90 Å². The van der Waals surface area contributed by atoms with Gasteiger partial charge in [0.15, 0.2) is 0 Å². The monoisotopic (exact) mass is 269 g/mol. The summed E-state index contributed by atoms with van der Waals surface area (Å²) in [5.41, 5.74) is 0.975. The molecule has 0 spiro atoms. The van der Waals surface area contributed by atoms with Crippen molar-refractivity contribution in [2.45, 2.75) is 12.1 Å². The molecule has 0 saturated carbocycles. The second kappa shape index (κ2) is 5.05. The van der Waals surface area contributed by atoms with Crippen LogP contribution in [0, 0.1) is 0 Å². The molecule has 0 radical (unpaired) electrons. The van der Waals surface area contributed by atoms with Crippen LogP contribution >= 0.6 is 11.6 Å². The third kappa shape index (κ3) is 2.10. The third-order valence-corrected chi connectivity index (χ3v) is 3.82. The highest BCUT2D eigenvalue weighted by molar-refractivity contribution is 6.32. The summed E-state index contributed by atoms with van der Waals surface area (Å²) in [6.07, 6.45) is -0.519. The van der Waals surface area contributed by atoms with E-state index in [1.165, 1.54) is 0 Å². The van der Waals surface area contributed by atoms with Crippen molar-refractivity contribution in [1.29, 1.82) is 0 Å². The molecule has 1 saturated heterocycles. The Kier molecular flexibility index (Phi) is 3.43. The molecule has 1 fully saturated rings. The molecule has 1 aromatic rings. The number of halogens is 1. The fourth-order valence-electron chi connectivity index (χ4n) is 2.67. The van der Waals surface area contributed by atoms with Crippen LogP contribution in [0.1, 0.15) is 11.6 Å². The van der Waals surface area contributed by atoms with Crippen molar-refractivity contribution in [2.24, 2.45) is 0 Å². The quantitative estimate of drug-likeness (QED) is 0.838. The first-order valence-electron chi connectivity index (χ1n) is 6.18. The molecule has 0 bridgehead atoms. The van der Waals surface area contributed by atoms with Crippen LogP contribution in [0.25, 0.3) is 0 Å². The minimum atomic E-state index is -0.519. The first-order chi connectivity index (χ1) is 8.77. The predicted octanol–water partition coefficient (Wildman–Crippen LogP) is 1.47. The smallest absolute Gasteiger partial charge is 0.142 e. The average molecular weight is 270 g/mol. The zero-order valence-electron chi connectivity index (χ0n) is 10.0. The molecule has 2 unspecified atom stereocenters. The molecule has 2 aliphatic heterocycles. The Morgan fingerprint density at radius 3 is 2.83 bits per heavy atom. The van der Waals surface area contributed by atoms with Gasteiger partial charge < -0.3 is 14.6 Å². The summed E-state index contributed by atoms with van der Waals surface area (Å²) in [5.74, 6) is 0.709. The van der Waals surface area contributed by atoms with Crippen LogP contribution in [0.15, 0.2) is 18.2 Å². The highest BCUT2D eigenvalue weighted by Crippen LogP contribution is 2.40. The molecule has 2 heterocycles. The van der Waals surface area contributed by atoms with Crippen molar-refractivity contribution in [3.05, 3.63) is 28.8 Å². The van der Waals surface area contributed by atoms with Gasteiger partial charge in [0.2, 0.25) is 0 Å². The lowest BCUT2D eigenvalue weighted by Gasteiger charge is -2.40. The summed E-state index contributed by atoms with van der Waals surface area (Å²) >= 11 is 6.14. The molecular weight excluding hydrogens is 254 g/mol. The molecule has 0 amide bonds. The summed E-state index contributed by atoms with van der Waals surface area (Å²) in [5, 5.41) is 10.8. The Balaban J connectivity index is 1.96. The normalized spacial score (nSPS) is 28.6. The predicted molar refractivity (Wildman–Crippen MR) is 68.1 cm³/mol. The molecule has 0 aliphatic carbocycles. The SMILES string of the molecule is OC1COc2c(Cl)cccc2C1N1CCOCC1. The highest BCUT2D eigenvalue weighted by atomic mass is 35.5. The van der Waals surface area contributed by atoms with Crippen LogP contribution in [-0.4, -0.2) is 49.0 Å². The zero-order chi connectivity index (χ0) is 12.5. The molecule has 1 aromatic carbocycles. The van der Waals surface area contributed by atoms with Crippen LogP contribution in [0.2, 0.25) is 5.02 Å². The number of morpholine rings is 1. The maximum atomic E-state index is 10.2. The standard InChI is InChI=1S/C13H16ClNO3/c14-10-3-1-2-9-12(11(16)8-18-13(9)10)15-4-6-17-7-5-15/h1-3,11-12,16H,4-8H2. The molecule has 18 heavy (non-hydrogen) atoms. The van der Waals surface area contributed by atoms with Crippen molar-refractivity contribution >= 4 is 11.6 Å². The van der Waals surface area contributed by atoms with E-state index in [2.05, 4.69) is 4.90 Å². The molecule has 98 valence electrons. The molecule has 4 nitrogen and oxygen atoms in total. The zero-order valence-corrected chi connectivity index (χ0v) is 10.8. The number of aliphatic hydroxyl groups excluding tert-OH is 1. The van der Waals surface area contributed by atoms with Crippen molar-refractivity contribution in [2.75, 3.05) is 32.9 Å². The van der Waals surface area contributed by atoms with E-state index in [0.717, 1.165) is 18.7 Å². The number of ether oxygens (including phenoxy) is 2. The topological polar surface area (TPSA) is 41.9 Å². The van der Waals surface area contributed by atoms with Crippen LogP contribution in [0.5, 0.6) is 5.75 Å². The fourth-order valence-corrected chi connectivity index (χ4v) is 2.91. The molecule has 2 aliphatic rings. The number of fused-ring (bicyclic) bond motifs is 1. The van der Waals surface area contributed by atoms with Gasteiger partial charge in [-0.1, -0.05) is 23.7 Å². The Hall–Kier alpha value is -0.810. The second-order valence-corrected chi connectivity index (χ2v) is 5.04. The van der Waals surface area contributed by atoms with Crippen LogP contribution in [0.3, 0.4) is 0 Å². The lowest BCUT2D eigenvalue weighted by molar-refractivity contribution is -0.0443. The second-order valence-electron chi connectivity index (χ2n) is 4.63. The summed E-state index contributed by atoms with van der Waals surface area (Å²) in [6, 6.07) is 5.64. The molecule has 1 N–H and O–H groups in total. The first kappa shape index (κ1) is 12.2. The maximum Gasteiger partial charge on any atom is 0.142 e. The van der Waals surface area contributed by atoms with E-state index in [-0.39, 0.29) is 6.04 Å². The summed E-state index contributed by atoms with van der Waals surface area (Å²) in [6.45, 7) is 3.36. The van der Waals surface area contributed by atoms with Gasteiger partial charge in [0.25, 0.3) is 0 Å². The minimum Gasteiger partial charge on any atom is -0.489 e. The summed E-state index contributed by atoms with van der Waals surface area (Å²) in [4.78, 5) is 2.24. The van der Waals surface area contributed by atoms with Crippen LogP contribution in [-0.2, 0) is 4.74 Å². The number of aliphatic hydroxyl groups is 1. The third-order valence-electron chi connectivity index (χ3n) is 3.52. The molecule has 3 rings (SSSR count). The lowest BCUT2D eigenvalue weighted by Crippen LogP contribution is -2.47. The Morgan fingerprint density at radius 1 is 1.28 bits per heavy atom. The molecule has 5 heteroatoms. The Morgan fingerprint density at radius 2 is 2.06 bits per heavy atom. The van der Waals surface area contributed by atoms with Gasteiger partial charge in [0.05, 0.1) is 24.3 Å². The van der Waals surface area contributed by atoms with Crippen molar-refractivity contribution < 1.29 is 14.6 Å². The fraction of sp³-hybridized carbons (Fsp3) is 0.538. The Bertz CT molecular complexity index is 434. The number of hydrogen-bond acceptors (Lipinski definition) is 4. The van der Waals surface area contributed by atoms with Gasteiger partial charge in [0.1, 0.15) is 18.5 Å². The van der Waals surface area contributed by atoms with Crippen molar-refractivity contribution in [1.82, 2.24) is 4.90 Å². The van der Waals surface area contributed by atoms with Gasteiger partial charge in [-0.2, -0.15) is 0 Å². The van der Waals surface area contributed by atoms with E-state index < -0.39 is 6.10 Å². The maximum absolute atomic E-state index is 10.2. The van der Waals surface area contributed by atoms with Gasteiger partial charge >= 0.3 is 0 Å². The van der Waals surface area contributed by atoms with Crippen LogP contribution in [0.4, 0.5) is 0 Å². The average Bonchev–Trinajstić information content (AvgIpc) is 2.40. The van der Waals surface area contributed by atoms with Crippen molar-refractivity contribution in [3.8, 4) is 5.75 Å². The number of nitrogens with zero attached hydrogens (tertiary/aromatic N) is 1. The van der Waals surface area contributed by atoms with E-state index in [0.29, 0.717) is 30.6 Å². The van der Waals surface area contributed by atoms with E-state index in [4.69, 9.17) is 21.1 Å². The van der Waals surface area contributed by atoms with E-state index >= 15 is 0 Å². The van der Waals surface area contributed by atoms with Gasteiger partial charge in [0, 0.05) is 18.7 Å². The van der Waals surface area contributed by atoms with Gasteiger partial charge in [-0.15, -0.1) is 0 Å². The number of para-hydroxylation sites is 1. The number of hydrogen-bond donors (Lipinski definition) is 1. The van der Waals surface area contributed by atoms with Crippen LogP contribution < -0.4 is 4.74 Å². The first-order valence-corrected chi connectivity index (χ1v) is 6.56. The molecule has 2 atom stereocenters. The van der Waals surface area contributed by atoms with Gasteiger partial charge in [-0.05, 0) is 6.07 Å². The lowest BCUT2D eigenvalue weighted by atomic mass is 9.96. The van der Waals surface area contributed by atoms with E-state index in [1.807, 2.05) is 18.2 Å². The summed E-state index contributed by atoms with van der Waals surface area (Å²) < 4.78 is 10.9.